The van der Waals surface area contributed by atoms with Crippen LogP contribution in [-0.4, -0.2) is 22.2 Å². The van der Waals surface area contributed by atoms with Crippen molar-refractivity contribution in [2.45, 2.75) is 51.0 Å². The first-order valence-corrected chi connectivity index (χ1v) is 10.4. The van der Waals surface area contributed by atoms with E-state index in [-0.39, 0.29) is 0 Å². The Bertz CT molecular complexity index is 1040. The van der Waals surface area contributed by atoms with Gasteiger partial charge < -0.3 is 14.4 Å². The first-order chi connectivity index (χ1) is 13.7. The lowest BCUT2D eigenvalue weighted by atomic mass is 9.82. The summed E-state index contributed by atoms with van der Waals surface area (Å²) < 4.78 is 8.19. The quantitative estimate of drug-likeness (QED) is 0.612. The predicted octanol–water partition coefficient (Wildman–Crippen LogP) is 5.84. The summed E-state index contributed by atoms with van der Waals surface area (Å²) in [5.74, 6) is 0.550. The molecule has 3 aromatic rings. The molecule has 1 N–H and O–H groups in total. The second kappa shape index (κ2) is 7.01. The van der Waals surface area contributed by atoms with Crippen LogP contribution >= 0.6 is 0 Å². The van der Waals surface area contributed by atoms with Crippen molar-refractivity contribution in [1.82, 2.24) is 4.57 Å². The standard InChI is InChI=1S/C24H25NO3/c26-24(27)19-12-11-17(16-7-2-1-3-8-16)20-15-21-18-9-4-5-10-22(18)28-14-6-13-25(21)23(19)20/h4-5,9-12,15-16H,1-3,6-8,13-14H2,(H,26,27). The summed E-state index contributed by atoms with van der Waals surface area (Å²) in [6.45, 7) is 1.41. The first kappa shape index (κ1) is 17.4. The van der Waals surface area contributed by atoms with E-state index in [0.29, 0.717) is 18.1 Å². The van der Waals surface area contributed by atoms with Gasteiger partial charge in [0.2, 0.25) is 0 Å². The number of carboxylic acid groups (broad SMARTS) is 1. The molecule has 0 unspecified atom stereocenters. The molecule has 5 rings (SSSR count). The van der Waals surface area contributed by atoms with Gasteiger partial charge in [0.15, 0.2) is 0 Å². The number of benzene rings is 2. The summed E-state index contributed by atoms with van der Waals surface area (Å²) in [6.07, 6.45) is 7.08. The van der Waals surface area contributed by atoms with Crippen molar-refractivity contribution in [2.24, 2.45) is 0 Å². The molecule has 0 radical (unpaired) electrons. The Hall–Kier alpha value is -2.75. The van der Waals surface area contributed by atoms with Crippen LogP contribution < -0.4 is 4.74 Å². The van der Waals surface area contributed by atoms with Crippen molar-refractivity contribution in [1.29, 1.82) is 0 Å². The van der Waals surface area contributed by atoms with Crippen LogP contribution in [0.5, 0.6) is 5.75 Å². The zero-order valence-electron chi connectivity index (χ0n) is 16.0. The number of rotatable bonds is 2. The summed E-state index contributed by atoms with van der Waals surface area (Å²) in [7, 11) is 0. The number of carbonyl (C=O) groups is 1. The second-order valence-electron chi connectivity index (χ2n) is 7.98. The van der Waals surface area contributed by atoms with Gasteiger partial charge in [0, 0.05) is 17.5 Å². The highest BCUT2D eigenvalue weighted by Crippen LogP contribution is 2.42. The highest BCUT2D eigenvalue weighted by atomic mass is 16.5. The maximum atomic E-state index is 12.0. The van der Waals surface area contributed by atoms with E-state index >= 15 is 0 Å². The molecule has 1 saturated carbocycles. The molecular weight excluding hydrogens is 350 g/mol. The lowest BCUT2D eigenvalue weighted by Gasteiger charge is -2.23. The van der Waals surface area contributed by atoms with E-state index in [9.17, 15) is 9.90 Å². The van der Waals surface area contributed by atoms with Crippen molar-refractivity contribution in [2.75, 3.05) is 6.61 Å². The van der Waals surface area contributed by atoms with E-state index in [1.165, 1.54) is 37.7 Å². The summed E-state index contributed by atoms with van der Waals surface area (Å²) in [5, 5.41) is 11.0. The van der Waals surface area contributed by atoms with Crippen molar-refractivity contribution < 1.29 is 14.6 Å². The molecule has 2 heterocycles. The Morgan fingerprint density at radius 3 is 2.68 bits per heavy atom. The molecule has 0 amide bonds. The Balaban J connectivity index is 1.80. The minimum absolute atomic E-state index is 0.403. The molecule has 0 bridgehead atoms. The number of nitrogens with zero attached hydrogens (tertiary/aromatic N) is 1. The van der Waals surface area contributed by atoms with E-state index in [0.717, 1.165) is 40.9 Å². The lowest BCUT2D eigenvalue weighted by Crippen LogP contribution is -2.12. The van der Waals surface area contributed by atoms with Crippen molar-refractivity contribution in [3.8, 4) is 17.0 Å². The van der Waals surface area contributed by atoms with Crippen LogP contribution in [0.4, 0.5) is 0 Å². The fourth-order valence-electron chi connectivity index (χ4n) is 5.01. The molecule has 2 aliphatic rings. The number of aryl methyl sites for hydroxylation is 1. The Kier molecular flexibility index (Phi) is 4.34. The average molecular weight is 375 g/mol. The molecule has 4 heteroatoms. The molecule has 0 atom stereocenters. The van der Waals surface area contributed by atoms with Gasteiger partial charge >= 0.3 is 5.97 Å². The number of fused-ring (bicyclic) bond motifs is 5. The average Bonchev–Trinajstić information content (AvgIpc) is 3.08. The molecule has 0 saturated heterocycles. The molecular formula is C24H25NO3. The van der Waals surface area contributed by atoms with Gasteiger partial charge in [0.25, 0.3) is 0 Å². The van der Waals surface area contributed by atoms with Crippen LogP contribution in [0.25, 0.3) is 22.2 Å². The van der Waals surface area contributed by atoms with Crippen LogP contribution in [0.3, 0.4) is 0 Å². The van der Waals surface area contributed by atoms with Gasteiger partial charge in [0.05, 0.1) is 23.4 Å². The van der Waals surface area contributed by atoms with Crippen LogP contribution in [-0.2, 0) is 6.54 Å². The summed E-state index contributed by atoms with van der Waals surface area (Å²) in [5.41, 5.74) is 4.71. The number of carboxylic acids is 1. The molecule has 1 aromatic heterocycles. The fourth-order valence-corrected chi connectivity index (χ4v) is 5.01. The van der Waals surface area contributed by atoms with Crippen molar-refractivity contribution >= 4 is 16.9 Å². The number of para-hydroxylation sites is 1. The van der Waals surface area contributed by atoms with Gasteiger partial charge in [-0.25, -0.2) is 4.79 Å². The van der Waals surface area contributed by atoms with Crippen molar-refractivity contribution in [3.63, 3.8) is 0 Å². The van der Waals surface area contributed by atoms with E-state index in [4.69, 9.17) is 4.74 Å². The molecule has 1 aliphatic carbocycles. The maximum absolute atomic E-state index is 12.0. The van der Waals surface area contributed by atoms with E-state index in [1.54, 1.807) is 0 Å². The number of hydrogen-bond donors (Lipinski definition) is 1. The molecule has 4 nitrogen and oxygen atoms in total. The van der Waals surface area contributed by atoms with Gasteiger partial charge in [-0.2, -0.15) is 0 Å². The maximum Gasteiger partial charge on any atom is 0.337 e. The minimum atomic E-state index is -0.854. The summed E-state index contributed by atoms with van der Waals surface area (Å²) in [4.78, 5) is 12.0. The van der Waals surface area contributed by atoms with E-state index in [2.05, 4.69) is 22.8 Å². The Morgan fingerprint density at radius 1 is 1.04 bits per heavy atom. The third kappa shape index (κ3) is 2.79. The van der Waals surface area contributed by atoms with E-state index < -0.39 is 5.97 Å². The zero-order valence-corrected chi connectivity index (χ0v) is 16.0. The normalized spacial score (nSPS) is 17.3. The van der Waals surface area contributed by atoms with Crippen LogP contribution in [0.1, 0.15) is 60.4 Å². The highest BCUT2D eigenvalue weighted by Gasteiger charge is 2.25. The zero-order chi connectivity index (χ0) is 19.1. The topological polar surface area (TPSA) is 51.5 Å². The molecule has 0 spiro atoms. The first-order valence-electron chi connectivity index (χ1n) is 10.4. The largest absolute Gasteiger partial charge is 0.493 e. The predicted molar refractivity (Wildman–Crippen MR) is 110 cm³/mol. The molecule has 1 fully saturated rings. The van der Waals surface area contributed by atoms with Crippen LogP contribution in [0, 0.1) is 0 Å². The fraction of sp³-hybridized carbons (Fsp3) is 0.375. The van der Waals surface area contributed by atoms with Gasteiger partial charge in [0.1, 0.15) is 5.75 Å². The second-order valence-corrected chi connectivity index (χ2v) is 7.98. The monoisotopic (exact) mass is 375 g/mol. The van der Waals surface area contributed by atoms with E-state index in [1.807, 2.05) is 24.3 Å². The lowest BCUT2D eigenvalue weighted by molar-refractivity contribution is 0.0698. The number of hydrogen-bond acceptors (Lipinski definition) is 2. The van der Waals surface area contributed by atoms with Gasteiger partial charge in [-0.05, 0) is 55.0 Å². The van der Waals surface area contributed by atoms with Gasteiger partial charge in [-0.15, -0.1) is 0 Å². The number of aromatic nitrogens is 1. The van der Waals surface area contributed by atoms with Crippen LogP contribution in [0.15, 0.2) is 42.5 Å². The van der Waals surface area contributed by atoms with Crippen molar-refractivity contribution in [3.05, 3.63) is 53.6 Å². The summed E-state index contributed by atoms with van der Waals surface area (Å²) >= 11 is 0. The highest BCUT2D eigenvalue weighted by molar-refractivity contribution is 6.05. The Morgan fingerprint density at radius 2 is 1.86 bits per heavy atom. The number of ether oxygens (including phenoxy) is 1. The smallest absolute Gasteiger partial charge is 0.337 e. The van der Waals surface area contributed by atoms with Gasteiger partial charge in [-0.3, -0.25) is 0 Å². The molecule has 1 aliphatic heterocycles. The summed E-state index contributed by atoms with van der Waals surface area (Å²) in [6, 6.07) is 14.2. The number of aromatic carboxylic acids is 1. The third-order valence-electron chi connectivity index (χ3n) is 6.31. The SMILES string of the molecule is O=C(O)c1ccc(C2CCCCC2)c2cc3n(c12)CCCOc1ccccc1-3. The third-order valence-corrected chi connectivity index (χ3v) is 6.31. The molecule has 2 aromatic carbocycles. The minimum Gasteiger partial charge on any atom is -0.493 e. The molecule has 28 heavy (non-hydrogen) atoms. The van der Waals surface area contributed by atoms with Gasteiger partial charge in [-0.1, -0.05) is 37.5 Å². The molecule has 144 valence electrons. The Labute approximate surface area is 164 Å². The van der Waals surface area contributed by atoms with Crippen LogP contribution in [0.2, 0.25) is 0 Å².